The van der Waals surface area contributed by atoms with Crippen LogP contribution in [0.4, 0.5) is 4.39 Å². The van der Waals surface area contributed by atoms with Gasteiger partial charge in [-0.25, -0.2) is 4.39 Å². The summed E-state index contributed by atoms with van der Waals surface area (Å²) in [5, 5.41) is 0.339. The first-order chi connectivity index (χ1) is 9.51. The highest BCUT2D eigenvalue weighted by molar-refractivity contribution is 9.10. The van der Waals surface area contributed by atoms with E-state index in [2.05, 4.69) is 15.9 Å². The highest BCUT2D eigenvalue weighted by Gasteiger charge is 2.14. The predicted molar refractivity (Wildman–Crippen MR) is 82.7 cm³/mol. The van der Waals surface area contributed by atoms with E-state index >= 15 is 0 Å². The van der Waals surface area contributed by atoms with Gasteiger partial charge in [-0.2, -0.15) is 0 Å². The number of methoxy groups -OCH3 is 1. The molecule has 1 unspecified atom stereocenters. The quantitative estimate of drug-likeness (QED) is 0.874. The molecule has 0 heterocycles. The maximum absolute atomic E-state index is 13.1. The molecule has 0 radical (unpaired) electrons. The van der Waals surface area contributed by atoms with Crippen LogP contribution in [0.15, 0.2) is 40.9 Å². The van der Waals surface area contributed by atoms with Crippen LogP contribution >= 0.6 is 27.5 Å². The molecule has 106 valence electrons. The SMILES string of the molecule is COc1ccc(Br)cc1CC(N)c1ccc(F)cc1Cl. The lowest BCUT2D eigenvalue weighted by Crippen LogP contribution is -2.14. The van der Waals surface area contributed by atoms with Crippen LogP contribution in [0.5, 0.6) is 5.75 Å². The zero-order chi connectivity index (χ0) is 14.7. The predicted octanol–water partition coefficient (Wildman–Crippen LogP) is 4.49. The number of halogens is 3. The van der Waals surface area contributed by atoms with Crippen LogP contribution in [0.25, 0.3) is 0 Å². The van der Waals surface area contributed by atoms with Gasteiger partial charge in [-0.15, -0.1) is 0 Å². The summed E-state index contributed by atoms with van der Waals surface area (Å²) in [5.41, 5.74) is 7.86. The molecule has 0 saturated heterocycles. The smallest absolute Gasteiger partial charge is 0.124 e. The van der Waals surface area contributed by atoms with Gasteiger partial charge >= 0.3 is 0 Å². The monoisotopic (exact) mass is 357 g/mol. The van der Waals surface area contributed by atoms with Gasteiger partial charge in [-0.1, -0.05) is 33.6 Å². The normalized spacial score (nSPS) is 12.2. The van der Waals surface area contributed by atoms with Gasteiger partial charge in [0.15, 0.2) is 0 Å². The summed E-state index contributed by atoms with van der Waals surface area (Å²) in [4.78, 5) is 0. The minimum atomic E-state index is -0.369. The van der Waals surface area contributed by atoms with Gasteiger partial charge in [0.2, 0.25) is 0 Å². The first-order valence-electron chi connectivity index (χ1n) is 6.04. The lowest BCUT2D eigenvalue weighted by molar-refractivity contribution is 0.408. The van der Waals surface area contributed by atoms with Gasteiger partial charge in [0.1, 0.15) is 11.6 Å². The van der Waals surface area contributed by atoms with Crippen LogP contribution in [-0.4, -0.2) is 7.11 Å². The average Bonchev–Trinajstić information content (AvgIpc) is 2.38. The number of hydrogen-bond acceptors (Lipinski definition) is 2. The Morgan fingerprint density at radius 2 is 2.05 bits per heavy atom. The van der Waals surface area contributed by atoms with E-state index in [1.54, 1.807) is 13.2 Å². The number of ether oxygens (including phenoxy) is 1. The summed E-state index contributed by atoms with van der Waals surface area (Å²) in [7, 11) is 1.61. The summed E-state index contributed by atoms with van der Waals surface area (Å²) in [6, 6.07) is 9.65. The van der Waals surface area contributed by atoms with E-state index in [0.29, 0.717) is 11.4 Å². The van der Waals surface area contributed by atoms with Crippen molar-refractivity contribution in [3.05, 3.63) is 62.8 Å². The largest absolute Gasteiger partial charge is 0.496 e. The molecule has 0 aromatic heterocycles. The first-order valence-corrected chi connectivity index (χ1v) is 7.21. The second-order valence-corrected chi connectivity index (χ2v) is 5.76. The third kappa shape index (κ3) is 3.51. The van der Waals surface area contributed by atoms with Crippen molar-refractivity contribution >= 4 is 27.5 Å². The van der Waals surface area contributed by atoms with Gasteiger partial charge in [-0.05, 0) is 47.9 Å². The molecule has 2 aromatic rings. The molecule has 2 aromatic carbocycles. The van der Waals surface area contributed by atoms with Crippen molar-refractivity contribution < 1.29 is 9.13 Å². The molecule has 0 spiro atoms. The minimum absolute atomic E-state index is 0.328. The molecule has 0 fully saturated rings. The van der Waals surface area contributed by atoms with E-state index in [1.807, 2.05) is 18.2 Å². The van der Waals surface area contributed by atoms with Crippen LogP contribution in [0, 0.1) is 5.82 Å². The van der Waals surface area contributed by atoms with Crippen LogP contribution in [0.3, 0.4) is 0 Å². The Labute approximate surface area is 130 Å². The number of hydrogen-bond donors (Lipinski definition) is 1. The number of nitrogens with two attached hydrogens (primary N) is 1. The Kier molecular flexibility index (Phi) is 5.02. The van der Waals surface area contributed by atoms with Crippen LogP contribution in [0.2, 0.25) is 5.02 Å². The van der Waals surface area contributed by atoms with Crippen molar-refractivity contribution in [1.29, 1.82) is 0 Å². The van der Waals surface area contributed by atoms with Crippen LogP contribution < -0.4 is 10.5 Å². The molecule has 2 nitrogen and oxygen atoms in total. The number of rotatable bonds is 4. The second kappa shape index (κ2) is 6.57. The maximum Gasteiger partial charge on any atom is 0.124 e. The summed E-state index contributed by atoms with van der Waals surface area (Å²) in [6.45, 7) is 0. The first kappa shape index (κ1) is 15.3. The Hall–Kier alpha value is -1.10. The van der Waals surface area contributed by atoms with Crippen LogP contribution in [0.1, 0.15) is 17.2 Å². The molecule has 20 heavy (non-hydrogen) atoms. The van der Waals surface area contributed by atoms with Crippen molar-refractivity contribution in [2.75, 3.05) is 7.11 Å². The van der Waals surface area contributed by atoms with Crippen LogP contribution in [-0.2, 0) is 6.42 Å². The van der Waals surface area contributed by atoms with Crippen molar-refractivity contribution in [3.8, 4) is 5.75 Å². The summed E-state index contributed by atoms with van der Waals surface area (Å²) < 4.78 is 19.3. The Balaban J connectivity index is 2.27. The summed E-state index contributed by atoms with van der Waals surface area (Å²) in [5.74, 6) is 0.396. The van der Waals surface area contributed by atoms with Crippen molar-refractivity contribution in [2.45, 2.75) is 12.5 Å². The van der Waals surface area contributed by atoms with Gasteiger partial charge in [0.05, 0.1) is 7.11 Å². The van der Waals surface area contributed by atoms with Gasteiger partial charge in [-0.3, -0.25) is 0 Å². The zero-order valence-electron chi connectivity index (χ0n) is 10.9. The molecule has 2 N–H and O–H groups in total. The van der Waals surface area contributed by atoms with Gasteiger partial charge < -0.3 is 10.5 Å². The van der Waals surface area contributed by atoms with E-state index < -0.39 is 0 Å². The molecule has 0 aliphatic heterocycles. The molecule has 0 saturated carbocycles. The van der Waals surface area contributed by atoms with Crippen molar-refractivity contribution in [1.82, 2.24) is 0 Å². The molecule has 0 bridgehead atoms. The molecular formula is C15H14BrClFNO. The number of benzene rings is 2. The lowest BCUT2D eigenvalue weighted by atomic mass is 9.99. The van der Waals surface area contributed by atoms with E-state index in [0.717, 1.165) is 21.3 Å². The molecule has 0 aliphatic rings. The zero-order valence-corrected chi connectivity index (χ0v) is 13.2. The van der Waals surface area contributed by atoms with Crippen molar-refractivity contribution in [2.24, 2.45) is 5.73 Å². The fraction of sp³-hybridized carbons (Fsp3) is 0.200. The highest BCUT2D eigenvalue weighted by atomic mass is 79.9. The fourth-order valence-electron chi connectivity index (χ4n) is 2.06. The van der Waals surface area contributed by atoms with E-state index in [-0.39, 0.29) is 11.9 Å². The molecule has 5 heteroatoms. The standard InChI is InChI=1S/C15H14BrClFNO/c1-20-15-5-2-10(16)6-9(15)7-14(19)12-4-3-11(18)8-13(12)17/h2-6,8,14H,7,19H2,1H3. The average molecular weight is 359 g/mol. The fourth-order valence-corrected chi connectivity index (χ4v) is 2.77. The lowest BCUT2D eigenvalue weighted by Gasteiger charge is -2.16. The molecule has 0 aliphatic carbocycles. The molecular weight excluding hydrogens is 345 g/mol. The van der Waals surface area contributed by atoms with E-state index in [1.165, 1.54) is 12.1 Å². The van der Waals surface area contributed by atoms with Crippen molar-refractivity contribution in [3.63, 3.8) is 0 Å². The third-order valence-corrected chi connectivity index (χ3v) is 3.86. The maximum atomic E-state index is 13.1. The Morgan fingerprint density at radius 3 is 2.70 bits per heavy atom. The molecule has 0 amide bonds. The third-order valence-electron chi connectivity index (χ3n) is 3.04. The topological polar surface area (TPSA) is 35.2 Å². The highest BCUT2D eigenvalue weighted by Crippen LogP contribution is 2.29. The summed E-state index contributed by atoms with van der Waals surface area (Å²) >= 11 is 9.46. The second-order valence-electron chi connectivity index (χ2n) is 4.43. The molecule has 2 rings (SSSR count). The van der Waals surface area contributed by atoms with Gasteiger partial charge in [0, 0.05) is 15.5 Å². The van der Waals surface area contributed by atoms with E-state index in [9.17, 15) is 4.39 Å². The van der Waals surface area contributed by atoms with E-state index in [4.69, 9.17) is 22.1 Å². The Bertz CT molecular complexity index is 621. The summed E-state index contributed by atoms with van der Waals surface area (Å²) in [6.07, 6.45) is 0.550. The van der Waals surface area contributed by atoms with Gasteiger partial charge in [0.25, 0.3) is 0 Å². The Morgan fingerprint density at radius 1 is 1.30 bits per heavy atom. The minimum Gasteiger partial charge on any atom is -0.496 e. The molecule has 1 atom stereocenters.